The monoisotopic (exact) mass is 234 g/mol. The third-order valence-corrected chi connectivity index (χ3v) is 3.08. The van der Waals surface area contributed by atoms with Crippen LogP contribution < -0.4 is 10.5 Å². The molecule has 1 amide bonds. The number of nitrogen functional groups attached to an aromatic ring is 1. The van der Waals surface area contributed by atoms with Crippen molar-refractivity contribution in [3.8, 4) is 5.75 Å². The second-order valence-electron chi connectivity index (χ2n) is 4.66. The molecule has 1 saturated heterocycles. The van der Waals surface area contributed by atoms with Crippen LogP contribution in [0.1, 0.15) is 18.9 Å². The molecule has 2 rings (SSSR count). The van der Waals surface area contributed by atoms with Crippen molar-refractivity contribution in [2.75, 3.05) is 19.4 Å². The van der Waals surface area contributed by atoms with Crippen molar-refractivity contribution in [2.45, 2.75) is 19.9 Å². The van der Waals surface area contributed by atoms with Gasteiger partial charge in [-0.15, -0.1) is 0 Å². The van der Waals surface area contributed by atoms with Crippen LogP contribution in [0.25, 0.3) is 0 Å². The maximum atomic E-state index is 11.7. The highest BCUT2D eigenvalue weighted by molar-refractivity contribution is 5.78. The second-order valence-corrected chi connectivity index (χ2v) is 4.66. The lowest BCUT2D eigenvalue weighted by atomic mass is 10.1. The van der Waals surface area contributed by atoms with Gasteiger partial charge in [-0.25, -0.2) is 0 Å². The van der Waals surface area contributed by atoms with E-state index in [4.69, 9.17) is 10.5 Å². The fourth-order valence-electron chi connectivity index (χ4n) is 2.23. The van der Waals surface area contributed by atoms with Crippen LogP contribution in [0.3, 0.4) is 0 Å². The molecule has 92 valence electrons. The highest BCUT2D eigenvalue weighted by Gasteiger charge is 2.26. The second kappa shape index (κ2) is 4.65. The molecule has 1 aliphatic rings. The Kier molecular flexibility index (Phi) is 3.22. The van der Waals surface area contributed by atoms with Crippen LogP contribution in [0.2, 0.25) is 0 Å². The first kappa shape index (κ1) is 11.8. The number of likely N-dealkylation sites (tertiary alicyclic amines) is 1. The molecule has 4 heteroatoms. The summed E-state index contributed by atoms with van der Waals surface area (Å²) >= 11 is 0. The van der Waals surface area contributed by atoms with E-state index in [2.05, 4.69) is 6.92 Å². The van der Waals surface area contributed by atoms with Gasteiger partial charge in [0, 0.05) is 19.5 Å². The number of carbonyl (C=O) groups excluding carboxylic acids is 1. The molecule has 1 aliphatic heterocycles. The van der Waals surface area contributed by atoms with Crippen molar-refractivity contribution in [3.63, 3.8) is 0 Å². The first-order valence-corrected chi connectivity index (χ1v) is 5.80. The number of rotatable bonds is 3. The molecule has 17 heavy (non-hydrogen) atoms. The number of methoxy groups -OCH3 is 1. The molecule has 0 aromatic heterocycles. The fraction of sp³-hybridized carbons (Fsp3) is 0.462. The molecule has 2 N–H and O–H groups in total. The number of nitrogens with zero attached hydrogens (tertiary/aromatic N) is 1. The smallest absolute Gasteiger partial charge is 0.223 e. The Morgan fingerprint density at radius 1 is 1.53 bits per heavy atom. The molecule has 0 spiro atoms. The van der Waals surface area contributed by atoms with Crippen molar-refractivity contribution in [2.24, 2.45) is 5.92 Å². The highest BCUT2D eigenvalue weighted by atomic mass is 16.5. The number of benzene rings is 1. The lowest BCUT2D eigenvalue weighted by Gasteiger charge is -2.16. The average molecular weight is 234 g/mol. The Balaban J connectivity index is 2.09. The highest BCUT2D eigenvalue weighted by Crippen LogP contribution is 2.24. The average Bonchev–Trinajstić information content (AvgIpc) is 2.58. The van der Waals surface area contributed by atoms with Crippen LogP contribution in [-0.4, -0.2) is 24.5 Å². The Bertz CT molecular complexity index is 431. The molecule has 0 aliphatic carbocycles. The number of ether oxygens (including phenoxy) is 1. The largest absolute Gasteiger partial charge is 0.495 e. The summed E-state index contributed by atoms with van der Waals surface area (Å²) in [7, 11) is 1.59. The van der Waals surface area contributed by atoms with Crippen molar-refractivity contribution in [1.82, 2.24) is 4.90 Å². The van der Waals surface area contributed by atoms with Crippen molar-refractivity contribution < 1.29 is 9.53 Å². The summed E-state index contributed by atoms with van der Waals surface area (Å²) in [5.41, 5.74) is 7.50. The number of anilines is 1. The standard InChI is InChI=1S/C13H18N2O2/c1-9-5-13(16)15(7-9)8-10-3-4-12(17-2)11(14)6-10/h3-4,6,9H,5,7-8,14H2,1-2H3. The van der Waals surface area contributed by atoms with E-state index in [1.807, 2.05) is 23.1 Å². The van der Waals surface area contributed by atoms with E-state index in [1.54, 1.807) is 7.11 Å². The number of amides is 1. The lowest BCUT2D eigenvalue weighted by molar-refractivity contribution is -0.128. The summed E-state index contributed by atoms with van der Waals surface area (Å²) in [5, 5.41) is 0. The summed E-state index contributed by atoms with van der Waals surface area (Å²) in [6.07, 6.45) is 0.658. The number of hydrogen-bond donors (Lipinski definition) is 1. The van der Waals surface area contributed by atoms with Crippen molar-refractivity contribution >= 4 is 11.6 Å². The Hall–Kier alpha value is -1.71. The van der Waals surface area contributed by atoms with E-state index >= 15 is 0 Å². The molecule has 0 bridgehead atoms. The minimum absolute atomic E-state index is 0.229. The van der Waals surface area contributed by atoms with Crippen LogP contribution in [-0.2, 0) is 11.3 Å². The van der Waals surface area contributed by atoms with E-state index < -0.39 is 0 Å². The number of hydrogen-bond acceptors (Lipinski definition) is 3. The minimum Gasteiger partial charge on any atom is -0.495 e. The van der Waals surface area contributed by atoms with Gasteiger partial charge in [-0.3, -0.25) is 4.79 Å². The predicted molar refractivity (Wildman–Crippen MR) is 66.6 cm³/mol. The van der Waals surface area contributed by atoms with Crippen LogP contribution in [0, 0.1) is 5.92 Å². The van der Waals surface area contributed by atoms with Gasteiger partial charge in [0.1, 0.15) is 5.75 Å². The predicted octanol–water partition coefficient (Wildman–Crippen LogP) is 1.65. The van der Waals surface area contributed by atoms with Gasteiger partial charge in [-0.1, -0.05) is 13.0 Å². The zero-order valence-electron chi connectivity index (χ0n) is 10.3. The summed E-state index contributed by atoms with van der Waals surface area (Å²) < 4.78 is 5.10. The van der Waals surface area contributed by atoms with E-state index in [0.717, 1.165) is 12.1 Å². The van der Waals surface area contributed by atoms with Gasteiger partial charge in [-0.05, 0) is 23.6 Å². The Morgan fingerprint density at radius 3 is 2.82 bits per heavy atom. The molecular weight excluding hydrogens is 216 g/mol. The van der Waals surface area contributed by atoms with E-state index in [-0.39, 0.29) is 5.91 Å². The van der Waals surface area contributed by atoms with Gasteiger partial charge in [0.05, 0.1) is 12.8 Å². The molecule has 1 aromatic rings. The lowest BCUT2D eigenvalue weighted by Crippen LogP contribution is -2.24. The van der Waals surface area contributed by atoms with Crippen LogP contribution >= 0.6 is 0 Å². The molecule has 1 fully saturated rings. The molecule has 1 aromatic carbocycles. The SMILES string of the molecule is COc1ccc(CN2CC(C)CC2=O)cc1N. The summed E-state index contributed by atoms with van der Waals surface area (Å²) in [6, 6.07) is 5.66. The Labute approximate surface area is 101 Å². The van der Waals surface area contributed by atoms with Gasteiger partial charge in [0.25, 0.3) is 0 Å². The van der Waals surface area contributed by atoms with Crippen LogP contribution in [0.5, 0.6) is 5.75 Å². The number of carbonyl (C=O) groups is 1. The van der Waals surface area contributed by atoms with Crippen LogP contribution in [0.15, 0.2) is 18.2 Å². The minimum atomic E-state index is 0.229. The molecule has 1 atom stereocenters. The molecule has 1 unspecified atom stereocenters. The van der Waals surface area contributed by atoms with E-state index in [1.165, 1.54) is 0 Å². The van der Waals surface area contributed by atoms with Gasteiger partial charge in [-0.2, -0.15) is 0 Å². The Morgan fingerprint density at radius 2 is 2.29 bits per heavy atom. The summed E-state index contributed by atoms with van der Waals surface area (Å²) in [4.78, 5) is 13.5. The normalized spacial score (nSPS) is 19.8. The number of nitrogens with two attached hydrogens (primary N) is 1. The summed E-state index contributed by atoms with van der Waals surface area (Å²) in [6.45, 7) is 3.57. The first-order valence-electron chi connectivity index (χ1n) is 5.80. The van der Waals surface area contributed by atoms with Gasteiger partial charge in [0.2, 0.25) is 5.91 Å². The van der Waals surface area contributed by atoms with Crippen LogP contribution in [0.4, 0.5) is 5.69 Å². The van der Waals surface area contributed by atoms with Crippen molar-refractivity contribution in [1.29, 1.82) is 0 Å². The third-order valence-electron chi connectivity index (χ3n) is 3.08. The van der Waals surface area contributed by atoms with Gasteiger partial charge >= 0.3 is 0 Å². The molecule has 0 saturated carbocycles. The maximum Gasteiger partial charge on any atom is 0.223 e. The van der Waals surface area contributed by atoms with Gasteiger partial charge < -0.3 is 15.4 Å². The zero-order valence-corrected chi connectivity index (χ0v) is 10.3. The van der Waals surface area contributed by atoms with E-state index in [9.17, 15) is 4.79 Å². The van der Waals surface area contributed by atoms with E-state index in [0.29, 0.717) is 30.3 Å². The first-order chi connectivity index (χ1) is 8.10. The third kappa shape index (κ3) is 2.52. The summed E-state index contributed by atoms with van der Waals surface area (Å²) in [5.74, 6) is 1.36. The zero-order chi connectivity index (χ0) is 12.4. The molecular formula is C13H18N2O2. The van der Waals surface area contributed by atoms with Gasteiger partial charge in [0.15, 0.2) is 0 Å². The molecule has 4 nitrogen and oxygen atoms in total. The maximum absolute atomic E-state index is 11.7. The van der Waals surface area contributed by atoms with Crippen molar-refractivity contribution in [3.05, 3.63) is 23.8 Å². The quantitative estimate of drug-likeness (QED) is 0.809. The fourth-order valence-corrected chi connectivity index (χ4v) is 2.23. The topological polar surface area (TPSA) is 55.6 Å². The molecule has 0 radical (unpaired) electrons. The molecule has 1 heterocycles.